The van der Waals surface area contributed by atoms with Gasteiger partial charge < -0.3 is 19.9 Å². The number of fused-ring (bicyclic) bond motifs is 1. The lowest BCUT2D eigenvalue weighted by Crippen LogP contribution is -2.15. The van der Waals surface area contributed by atoms with Gasteiger partial charge in [-0.3, -0.25) is 4.98 Å². The van der Waals surface area contributed by atoms with E-state index in [9.17, 15) is 5.11 Å². The lowest BCUT2D eigenvalue weighted by Gasteiger charge is -2.10. The van der Waals surface area contributed by atoms with E-state index in [0.717, 1.165) is 17.7 Å². The van der Waals surface area contributed by atoms with Gasteiger partial charge in [-0.15, -0.1) is 0 Å². The molecule has 2 heterocycles. The molecule has 0 aliphatic carbocycles. The highest BCUT2D eigenvalue weighted by atomic mass is 16.7. The maximum Gasteiger partial charge on any atom is 0.231 e. The molecule has 0 radical (unpaired) electrons. The van der Waals surface area contributed by atoms with Gasteiger partial charge in [0.05, 0.1) is 5.69 Å². The highest BCUT2D eigenvalue weighted by Crippen LogP contribution is 2.37. The molecule has 1 aromatic carbocycles. The van der Waals surface area contributed by atoms with Crippen LogP contribution in [0, 0.1) is 0 Å². The Morgan fingerprint density at radius 3 is 2.81 bits per heavy atom. The Balaban J connectivity index is 1.66. The minimum atomic E-state index is 0.208. The van der Waals surface area contributed by atoms with Crippen molar-refractivity contribution in [3.05, 3.63) is 47.3 Å². The van der Waals surface area contributed by atoms with E-state index in [1.54, 1.807) is 12.3 Å². The van der Waals surface area contributed by atoms with Crippen molar-refractivity contribution in [2.75, 3.05) is 6.79 Å². The number of benzene rings is 1. The van der Waals surface area contributed by atoms with Crippen LogP contribution in [0.3, 0.4) is 0 Å². The molecule has 3 rings (SSSR count). The van der Waals surface area contributed by atoms with Crippen LogP contribution < -0.4 is 14.8 Å². The van der Waals surface area contributed by atoms with E-state index in [-0.39, 0.29) is 12.5 Å². The van der Waals surface area contributed by atoms with Gasteiger partial charge in [0.1, 0.15) is 5.75 Å². The summed E-state index contributed by atoms with van der Waals surface area (Å²) in [5.41, 5.74) is 3.06. The Labute approximate surface area is 123 Å². The molecule has 1 aliphatic rings. The summed E-state index contributed by atoms with van der Waals surface area (Å²) in [6, 6.07) is 7.44. The summed E-state index contributed by atoms with van der Waals surface area (Å²) < 4.78 is 10.5. The van der Waals surface area contributed by atoms with Crippen LogP contribution in [0.15, 0.2) is 30.5 Å². The number of rotatable bonds is 5. The number of aromatic nitrogens is 1. The summed E-state index contributed by atoms with van der Waals surface area (Å²) >= 11 is 0. The fraction of sp³-hybridized carbons (Fsp3) is 0.312. The minimum absolute atomic E-state index is 0.208. The van der Waals surface area contributed by atoms with Crippen LogP contribution in [0.25, 0.3) is 0 Å². The Bertz CT molecular complexity index is 643. The molecule has 5 nitrogen and oxygen atoms in total. The molecule has 1 aromatic heterocycles. The average Bonchev–Trinajstić information content (AvgIpc) is 2.95. The first-order chi connectivity index (χ1) is 10.3. The number of phenols is 1. The average molecular weight is 286 g/mol. The van der Waals surface area contributed by atoms with Gasteiger partial charge in [0.2, 0.25) is 6.79 Å². The van der Waals surface area contributed by atoms with E-state index in [0.29, 0.717) is 24.6 Å². The third kappa shape index (κ3) is 2.92. The fourth-order valence-electron chi connectivity index (χ4n) is 2.38. The number of nitrogens with zero attached hydrogens (tertiary/aromatic N) is 1. The van der Waals surface area contributed by atoms with Crippen molar-refractivity contribution in [2.45, 2.75) is 26.4 Å². The third-order valence-electron chi connectivity index (χ3n) is 3.55. The summed E-state index contributed by atoms with van der Waals surface area (Å²) in [7, 11) is 0. The lowest BCUT2D eigenvalue weighted by molar-refractivity contribution is 0.174. The van der Waals surface area contributed by atoms with Gasteiger partial charge in [-0.2, -0.15) is 0 Å². The molecular formula is C16H18N2O3. The normalized spacial score (nSPS) is 12.6. The van der Waals surface area contributed by atoms with Gasteiger partial charge in [-0.1, -0.05) is 13.0 Å². The number of hydrogen-bond acceptors (Lipinski definition) is 5. The van der Waals surface area contributed by atoms with Gasteiger partial charge >= 0.3 is 0 Å². The van der Waals surface area contributed by atoms with Crippen molar-refractivity contribution < 1.29 is 14.6 Å². The molecular weight excluding hydrogens is 268 g/mol. The van der Waals surface area contributed by atoms with Gasteiger partial charge in [0.15, 0.2) is 11.5 Å². The van der Waals surface area contributed by atoms with Crippen molar-refractivity contribution in [1.82, 2.24) is 10.3 Å². The van der Waals surface area contributed by atoms with E-state index in [1.807, 2.05) is 12.1 Å². The number of phenolic OH excluding ortho intramolecular Hbond substituents is 1. The summed E-state index contributed by atoms with van der Waals surface area (Å²) in [6.07, 6.45) is 2.76. The van der Waals surface area contributed by atoms with Crippen LogP contribution in [-0.4, -0.2) is 16.9 Å². The highest BCUT2D eigenvalue weighted by molar-refractivity contribution is 5.51. The van der Waals surface area contributed by atoms with E-state index < -0.39 is 0 Å². The van der Waals surface area contributed by atoms with Crippen LogP contribution in [0.2, 0.25) is 0 Å². The molecule has 1 aliphatic heterocycles. The molecule has 2 aromatic rings. The van der Waals surface area contributed by atoms with Gasteiger partial charge in [0.25, 0.3) is 0 Å². The number of hydrogen-bond donors (Lipinski definition) is 2. The molecule has 0 unspecified atom stereocenters. The first-order valence-electron chi connectivity index (χ1n) is 7.03. The number of nitrogens with one attached hydrogen (secondary N) is 1. The maximum atomic E-state index is 9.98. The molecule has 0 fully saturated rings. The molecule has 0 bridgehead atoms. The molecule has 5 heteroatoms. The summed E-state index contributed by atoms with van der Waals surface area (Å²) in [6.45, 7) is 3.53. The molecule has 0 amide bonds. The molecule has 0 spiro atoms. The minimum Gasteiger partial charge on any atom is -0.507 e. The zero-order valence-corrected chi connectivity index (χ0v) is 11.9. The molecule has 0 saturated carbocycles. The van der Waals surface area contributed by atoms with Crippen molar-refractivity contribution in [2.24, 2.45) is 0 Å². The van der Waals surface area contributed by atoms with Crippen molar-refractivity contribution >= 4 is 0 Å². The summed E-state index contributed by atoms with van der Waals surface area (Å²) in [5.74, 6) is 1.48. The smallest absolute Gasteiger partial charge is 0.231 e. The summed E-state index contributed by atoms with van der Waals surface area (Å²) in [5, 5.41) is 13.3. The zero-order chi connectivity index (χ0) is 14.7. The summed E-state index contributed by atoms with van der Waals surface area (Å²) in [4.78, 5) is 4.39. The number of ether oxygens (including phenoxy) is 2. The standard InChI is InChI=1S/C16H18N2O3/c1-2-11-4-3-5-18-13(11)9-17-8-12-6-15-16(7-14(12)19)21-10-20-15/h3-7,17,19H,2,8-10H2,1H3. The third-order valence-corrected chi connectivity index (χ3v) is 3.55. The quantitative estimate of drug-likeness (QED) is 0.883. The van der Waals surface area contributed by atoms with Crippen molar-refractivity contribution in [3.63, 3.8) is 0 Å². The Hall–Kier alpha value is -2.27. The molecule has 0 atom stereocenters. The molecule has 0 saturated heterocycles. The van der Waals surface area contributed by atoms with E-state index >= 15 is 0 Å². The second-order valence-electron chi connectivity index (χ2n) is 4.90. The van der Waals surface area contributed by atoms with Crippen LogP contribution in [0.4, 0.5) is 0 Å². The first-order valence-corrected chi connectivity index (χ1v) is 7.03. The number of pyridine rings is 1. The van der Waals surface area contributed by atoms with Gasteiger partial charge in [0, 0.05) is 30.9 Å². The van der Waals surface area contributed by atoms with E-state index in [2.05, 4.69) is 23.3 Å². The van der Waals surface area contributed by atoms with Crippen LogP contribution in [-0.2, 0) is 19.5 Å². The van der Waals surface area contributed by atoms with Gasteiger partial charge in [-0.25, -0.2) is 0 Å². The van der Waals surface area contributed by atoms with Crippen molar-refractivity contribution in [3.8, 4) is 17.2 Å². The van der Waals surface area contributed by atoms with E-state index in [4.69, 9.17) is 9.47 Å². The molecule has 110 valence electrons. The topological polar surface area (TPSA) is 63.6 Å². The van der Waals surface area contributed by atoms with Crippen molar-refractivity contribution in [1.29, 1.82) is 0 Å². The SMILES string of the molecule is CCc1cccnc1CNCc1cc2c(cc1O)OCO2. The van der Waals surface area contributed by atoms with Gasteiger partial charge in [-0.05, 0) is 24.1 Å². The van der Waals surface area contributed by atoms with E-state index in [1.165, 1.54) is 5.56 Å². The van der Waals surface area contributed by atoms with Crippen LogP contribution >= 0.6 is 0 Å². The Morgan fingerprint density at radius 1 is 1.19 bits per heavy atom. The number of aromatic hydroxyl groups is 1. The Morgan fingerprint density at radius 2 is 2.00 bits per heavy atom. The maximum absolute atomic E-state index is 9.98. The monoisotopic (exact) mass is 286 g/mol. The second kappa shape index (κ2) is 6.01. The predicted molar refractivity (Wildman–Crippen MR) is 78.4 cm³/mol. The number of aryl methyl sites for hydroxylation is 1. The molecule has 2 N–H and O–H groups in total. The Kier molecular flexibility index (Phi) is 3.92. The lowest BCUT2D eigenvalue weighted by atomic mass is 10.1. The molecule has 21 heavy (non-hydrogen) atoms. The first kappa shape index (κ1) is 13.7. The fourth-order valence-corrected chi connectivity index (χ4v) is 2.38. The largest absolute Gasteiger partial charge is 0.507 e. The second-order valence-corrected chi connectivity index (χ2v) is 4.90. The zero-order valence-electron chi connectivity index (χ0n) is 11.9. The predicted octanol–water partition coefficient (Wildman–Crippen LogP) is 2.37. The highest BCUT2D eigenvalue weighted by Gasteiger charge is 2.16. The van der Waals surface area contributed by atoms with Crippen LogP contribution in [0.1, 0.15) is 23.7 Å². The van der Waals surface area contributed by atoms with Crippen LogP contribution in [0.5, 0.6) is 17.2 Å².